The molecule has 1 N–H and O–H groups in total. The number of fused-ring (bicyclic) bond motifs is 1. The Balaban J connectivity index is 2.17. The number of aryl methyl sites for hydroxylation is 2. The van der Waals surface area contributed by atoms with Crippen molar-refractivity contribution in [1.82, 2.24) is 9.78 Å². The highest BCUT2D eigenvalue weighted by molar-refractivity contribution is 5.86. The SMILES string of the molecule is Cc1nn(C)c(Oc2c(C#N)oc3ccccc23)c1CO. The molecule has 0 aliphatic carbocycles. The molecule has 21 heavy (non-hydrogen) atoms. The van der Waals surface area contributed by atoms with Crippen LogP contribution in [-0.2, 0) is 13.7 Å². The minimum absolute atomic E-state index is 0.0962. The molecular weight excluding hydrogens is 270 g/mol. The Hall–Kier alpha value is -2.78. The van der Waals surface area contributed by atoms with Gasteiger partial charge in [-0.3, -0.25) is 0 Å². The number of aliphatic hydroxyl groups is 1. The Labute approximate surface area is 120 Å². The Bertz CT molecular complexity index is 855. The molecule has 2 aromatic heterocycles. The molecule has 0 atom stereocenters. The molecule has 0 amide bonds. The van der Waals surface area contributed by atoms with Gasteiger partial charge in [0, 0.05) is 7.05 Å². The van der Waals surface area contributed by atoms with Crippen LogP contribution < -0.4 is 4.74 Å². The average Bonchev–Trinajstić information content (AvgIpc) is 2.97. The molecule has 3 aromatic rings. The standard InChI is InChI=1S/C15H13N3O3/c1-9-11(8-19)15(18(2)17-9)21-14-10-5-3-4-6-12(10)20-13(14)7-16/h3-6,19H,8H2,1-2H3. The molecule has 0 spiro atoms. The van der Waals surface area contributed by atoms with Gasteiger partial charge in [-0.25, -0.2) is 4.68 Å². The van der Waals surface area contributed by atoms with E-state index in [0.29, 0.717) is 33.9 Å². The minimum Gasteiger partial charge on any atom is -0.442 e. The number of benzene rings is 1. The quantitative estimate of drug-likeness (QED) is 0.798. The molecule has 0 fully saturated rings. The number of aromatic nitrogens is 2. The largest absolute Gasteiger partial charge is 0.442 e. The van der Waals surface area contributed by atoms with E-state index in [0.717, 1.165) is 0 Å². The maximum absolute atomic E-state index is 9.46. The van der Waals surface area contributed by atoms with Gasteiger partial charge in [0.25, 0.3) is 0 Å². The smallest absolute Gasteiger partial charge is 0.247 e. The molecule has 0 aliphatic rings. The molecule has 0 saturated carbocycles. The maximum atomic E-state index is 9.46. The van der Waals surface area contributed by atoms with Gasteiger partial charge in [0.05, 0.1) is 23.3 Å². The van der Waals surface area contributed by atoms with Gasteiger partial charge < -0.3 is 14.3 Å². The second kappa shape index (κ2) is 4.96. The van der Waals surface area contributed by atoms with Crippen molar-refractivity contribution in [2.75, 3.05) is 0 Å². The highest BCUT2D eigenvalue weighted by Gasteiger charge is 2.21. The summed E-state index contributed by atoms with van der Waals surface area (Å²) in [6.45, 7) is 1.60. The fourth-order valence-electron chi connectivity index (χ4n) is 2.28. The van der Waals surface area contributed by atoms with Gasteiger partial charge in [-0.2, -0.15) is 10.4 Å². The van der Waals surface area contributed by atoms with E-state index in [1.54, 1.807) is 20.0 Å². The summed E-state index contributed by atoms with van der Waals surface area (Å²) >= 11 is 0. The molecule has 0 aliphatic heterocycles. The van der Waals surface area contributed by atoms with E-state index < -0.39 is 0 Å². The molecule has 0 bridgehead atoms. The van der Waals surface area contributed by atoms with E-state index in [2.05, 4.69) is 5.10 Å². The van der Waals surface area contributed by atoms with Crippen molar-refractivity contribution in [1.29, 1.82) is 5.26 Å². The van der Waals surface area contributed by atoms with Crippen LogP contribution in [0.2, 0.25) is 0 Å². The van der Waals surface area contributed by atoms with Gasteiger partial charge in [0.15, 0.2) is 5.75 Å². The first-order valence-corrected chi connectivity index (χ1v) is 6.38. The molecule has 1 aromatic carbocycles. The average molecular weight is 283 g/mol. The first kappa shape index (κ1) is 13.2. The summed E-state index contributed by atoms with van der Waals surface area (Å²) in [6, 6.07) is 9.23. The highest BCUT2D eigenvalue weighted by atomic mass is 16.5. The number of nitrogens with zero attached hydrogens (tertiary/aromatic N) is 3. The van der Waals surface area contributed by atoms with Crippen LogP contribution in [0.3, 0.4) is 0 Å². The second-order valence-electron chi connectivity index (χ2n) is 4.62. The summed E-state index contributed by atoms with van der Waals surface area (Å²) in [5.41, 5.74) is 1.85. The molecule has 2 heterocycles. The van der Waals surface area contributed by atoms with Gasteiger partial charge >= 0.3 is 0 Å². The summed E-state index contributed by atoms with van der Waals surface area (Å²) in [7, 11) is 1.72. The molecule has 0 unspecified atom stereocenters. The lowest BCUT2D eigenvalue weighted by molar-refractivity contribution is 0.274. The zero-order chi connectivity index (χ0) is 15.0. The zero-order valence-electron chi connectivity index (χ0n) is 11.6. The van der Waals surface area contributed by atoms with Crippen LogP contribution in [-0.4, -0.2) is 14.9 Å². The summed E-state index contributed by atoms with van der Waals surface area (Å²) in [5.74, 6) is 0.836. The van der Waals surface area contributed by atoms with Crippen molar-refractivity contribution in [2.45, 2.75) is 13.5 Å². The van der Waals surface area contributed by atoms with Crippen LogP contribution in [0.4, 0.5) is 0 Å². The van der Waals surface area contributed by atoms with Crippen LogP contribution in [0.25, 0.3) is 11.0 Å². The lowest BCUT2D eigenvalue weighted by Crippen LogP contribution is -1.97. The Morgan fingerprint density at radius 3 is 2.90 bits per heavy atom. The van der Waals surface area contributed by atoms with Crippen LogP contribution in [0, 0.1) is 18.3 Å². The third-order valence-electron chi connectivity index (χ3n) is 3.30. The van der Waals surface area contributed by atoms with Gasteiger partial charge in [-0.15, -0.1) is 0 Å². The summed E-state index contributed by atoms with van der Waals surface area (Å²) in [5, 5.41) is 23.6. The van der Waals surface area contributed by atoms with Crippen molar-refractivity contribution >= 4 is 11.0 Å². The molecule has 106 valence electrons. The monoisotopic (exact) mass is 283 g/mol. The maximum Gasteiger partial charge on any atom is 0.247 e. The first-order valence-electron chi connectivity index (χ1n) is 6.38. The fraction of sp³-hybridized carbons (Fsp3) is 0.200. The van der Waals surface area contributed by atoms with Crippen molar-refractivity contribution in [3.8, 4) is 17.7 Å². The van der Waals surface area contributed by atoms with Crippen molar-refractivity contribution in [2.24, 2.45) is 7.05 Å². The fourth-order valence-corrected chi connectivity index (χ4v) is 2.28. The number of aliphatic hydroxyl groups excluding tert-OH is 1. The molecule has 3 rings (SSSR count). The Morgan fingerprint density at radius 1 is 1.43 bits per heavy atom. The van der Waals surface area contributed by atoms with Crippen molar-refractivity contribution in [3.63, 3.8) is 0 Å². The number of furan rings is 1. The van der Waals surface area contributed by atoms with E-state index in [4.69, 9.17) is 9.15 Å². The van der Waals surface area contributed by atoms with Crippen LogP contribution in [0.5, 0.6) is 11.6 Å². The van der Waals surface area contributed by atoms with E-state index in [1.165, 1.54) is 4.68 Å². The Kier molecular flexibility index (Phi) is 3.12. The summed E-state index contributed by atoms with van der Waals surface area (Å²) in [4.78, 5) is 0. The van der Waals surface area contributed by atoms with E-state index in [9.17, 15) is 10.4 Å². The molecule has 0 saturated heterocycles. The van der Waals surface area contributed by atoms with Crippen molar-refractivity contribution < 1.29 is 14.3 Å². The predicted molar refractivity (Wildman–Crippen MR) is 74.9 cm³/mol. The minimum atomic E-state index is -0.188. The second-order valence-corrected chi connectivity index (χ2v) is 4.62. The van der Waals surface area contributed by atoms with Gasteiger partial charge in [-0.1, -0.05) is 12.1 Å². The number of nitriles is 1. The normalized spacial score (nSPS) is 10.8. The molecule has 6 nitrogen and oxygen atoms in total. The van der Waals surface area contributed by atoms with E-state index in [1.807, 2.05) is 24.3 Å². The van der Waals surface area contributed by atoms with Crippen molar-refractivity contribution in [3.05, 3.63) is 41.3 Å². The number of para-hydroxylation sites is 1. The van der Waals surface area contributed by atoms with E-state index in [-0.39, 0.29) is 12.4 Å². The zero-order valence-corrected chi connectivity index (χ0v) is 11.6. The number of ether oxygens (including phenoxy) is 1. The Morgan fingerprint density at radius 2 is 2.19 bits per heavy atom. The first-order chi connectivity index (χ1) is 10.2. The third kappa shape index (κ3) is 2.04. The summed E-state index contributed by atoms with van der Waals surface area (Å²) in [6.07, 6.45) is 0. The number of rotatable bonds is 3. The predicted octanol–water partition coefficient (Wildman–Crippen LogP) is 2.63. The van der Waals surface area contributed by atoms with Gasteiger partial charge in [0.1, 0.15) is 11.7 Å². The third-order valence-corrected chi connectivity index (χ3v) is 3.30. The molecular formula is C15H13N3O3. The molecule has 0 radical (unpaired) electrons. The lowest BCUT2D eigenvalue weighted by Gasteiger charge is -2.06. The lowest BCUT2D eigenvalue weighted by atomic mass is 10.2. The van der Waals surface area contributed by atoms with Crippen LogP contribution >= 0.6 is 0 Å². The van der Waals surface area contributed by atoms with Crippen LogP contribution in [0.1, 0.15) is 17.0 Å². The van der Waals surface area contributed by atoms with Gasteiger partial charge in [-0.05, 0) is 19.1 Å². The summed E-state index contributed by atoms with van der Waals surface area (Å²) < 4.78 is 12.8. The highest BCUT2D eigenvalue weighted by Crippen LogP contribution is 2.37. The topological polar surface area (TPSA) is 84.2 Å². The van der Waals surface area contributed by atoms with Gasteiger partial charge in [0.2, 0.25) is 11.6 Å². The number of hydrogen-bond donors (Lipinski definition) is 1. The van der Waals surface area contributed by atoms with E-state index >= 15 is 0 Å². The van der Waals surface area contributed by atoms with Crippen LogP contribution in [0.15, 0.2) is 28.7 Å². The number of hydrogen-bond acceptors (Lipinski definition) is 5. The molecule has 6 heteroatoms.